The van der Waals surface area contributed by atoms with E-state index in [2.05, 4.69) is 22.1 Å². The summed E-state index contributed by atoms with van der Waals surface area (Å²) in [5.41, 5.74) is 2.08. The first-order valence-electron chi connectivity index (χ1n) is 7.84. The zero-order valence-corrected chi connectivity index (χ0v) is 14.5. The predicted molar refractivity (Wildman–Crippen MR) is 97.9 cm³/mol. The summed E-state index contributed by atoms with van der Waals surface area (Å²) < 4.78 is 27.0. The van der Waals surface area contributed by atoms with Gasteiger partial charge in [0.1, 0.15) is 6.54 Å². The number of halogens is 2. The predicted octanol–water partition coefficient (Wildman–Crippen LogP) is 3.52. The zero-order valence-electron chi connectivity index (χ0n) is 13.7. The van der Waals surface area contributed by atoms with Crippen molar-refractivity contribution < 1.29 is 13.6 Å². The first kappa shape index (κ1) is 18.0. The lowest BCUT2D eigenvalue weighted by Gasteiger charge is -2.08. The molecule has 0 bridgehead atoms. The molecule has 0 radical (unpaired) electrons. The van der Waals surface area contributed by atoms with E-state index < -0.39 is 5.76 Å². The van der Waals surface area contributed by atoms with Gasteiger partial charge in [-0.25, -0.2) is 4.98 Å². The van der Waals surface area contributed by atoms with Crippen LogP contribution in [0.5, 0.6) is 0 Å². The number of benzene rings is 2. The summed E-state index contributed by atoms with van der Waals surface area (Å²) in [6, 6.07) is 16.4. The van der Waals surface area contributed by atoms with Crippen LogP contribution in [0, 0.1) is 11.8 Å². The van der Waals surface area contributed by atoms with Gasteiger partial charge in [-0.3, -0.25) is 4.79 Å². The fraction of sp³-hybridized carbons (Fsp3) is 0.158. The second-order valence-electron chi connectivity index (χ2n) is 5.29. The summed E-state index contributed by atoms with van der Waals surface area (Å²) in [6.45, 7) is 0.0836. The molecule has 26 heavy (non-hydrogen) atoms. The van der Waals surface area contributed by atoms with Gasteiger partial charge in [-0.2, -0.15) is 8.78 Å². The highest BCUT2D eigenvalue weighted by Gasteiger charge is 2.17. The van der Waals surface area contributed by atoms with Gasteiger partial charge in [0.05, 0.1) is 17.6 Å². The molecule has 0 saturated carbocycles. The topological polar surface area (TPSA) is 46.9 Å². The number of imidazole rings is 1. The molecule has 4 nitrogen and oxygen atoms in total. The second-order valence-corrected chi connectivity index (χ2v) is 6.25. The third-order valence-electron chi connectivity index (χ3n) is 3.50. The first-order valence-corrected chi connectivity index (χ1v) is 8.72. The van der Waals surface area contributed by atoms with Crippen molar-refractivity contribution in [2.45, 2.75) is 17.5 Å². The molecule has 1 amide bonds. The molecular weight excluding hydrogens is 356 g/mol. The Morgan fingerprint density at radius 3 is 2.65 bits per heavy atom. The van der Waals surface area contributed by atoms with E-state index in [1.807, 2.05) is 30.3 Å². The summed E-state index contributed by atoms with van der Waals surface area (Å²) >= 11 is 0.329. The summed E-state index contributed by atoms with van der Waals surface area (Å²) in [6.07, 6.45) is 0. The van der Waals surface area contributed by atoms with Crippen LogP contribution in [0.15, 0.2) is 59.8 Å². The number of para-hydroxylation sites is 2. The van der Waals surface area contributed by atoms with Crippen molar-refractivity contribution in [3.63, 3.8) is 0 Å². The van der Waals surface area contributed by atoms with E-state index in [4.69, 9.17) is 0 Å². The van der Waals surface area contributed by atoms with Crippen molar-refractivity contribution in [2.24, 2.45) is 0 Å². The molecule has 3 rings (SSSR count). The van der Waals surface area contributed by atoms with E-state index in [1.54, 1.807) is 24.3 Å². The molecule has 1 N–H and O–H groups in total. The highest BCUT2D eigenvalue weighted by Crippen LogP contribution is 2.28. The Balaban J connectivity index is 1.68. The second kappa shape index (κ2) is 8.50. The average Bonchev–Trinajstić information content (AvgIpc) is 2.96. The molecule has 0 atom stereocenters. The van der Waals surface area contributed by atoms with Crippen molar-refractivity contribution in [3.05, 3.63) is 60.2 Å². The maximum atomic E-state index is 12.8. The molecule has 7 heteroatoms. The first-order chi connectivity index (χ1) is 12.6. The van der Waals surface area contributed by atoms with Gasteiger partial charge in [-0.05, 0) is 36.0 Å². The summed E-state index contributed by atoms with van der Waals surface area (Å²) in [4.78, 5) is 16.4. The number of nitrogens with one attached hydrogen (secondary N) is 1. The van der Waals surface area contributed by atoms with E-state index in [-0.39, 0.29) is 24.2 Å². The van der Waals surface area contributed by atoms with E-state index in [0.717, 1.165) is 5.56 Å². The molecule has 1 aromatic heterocycles. The van der Waals surface area contributed by atoms with Gasteiger partial charge < -0.3 is 9.88 Å². The molecule has 0 spiro atoms. The minimum Gasteiger partial charge on any atom is -0.344 e. The number of hydrogen-bond donors (Lipinski definition) is 1. The maximum absolute atomic E-state index is 12.8. The van der Waals surface area contributed by atoms with Gasteiger partial charge in [0.15, 0.2) is 5.16 Å². The van der Waals surface area contributed by atoms with Crippen LogP contribution in [0.4, 0.5) is 8.78 Å². The molecule has 0 fully saturated rings. The van der Waals surface area contributed by atoms with Crippen LogP contribution in [0.3, 0.4) is 0 Å². The van der Waals surface area contributed by atoms with E-state index in [0.29, 0.717) is 22.8 Å². The Labute approximate surface area is 153 Å². The molecule has 132 valence electrons. The summed E-state index contributed by atoms with van der Waals surface area (Å²) in [5, 5.41) is 2.80. The molecular formula is C19H15F2N3OS. The lowest BCUT2D eigenvalue weighted by Crippen LogP contribution is -2.28. The van der Waals surface area contributed by atoms with Crippen molar-refractivity contribution in [1.82, 2.24) is 14.9 Å². The van der Waals surface area contributed by atoms with E-state index >= 15 is 0 Å². The number of aromatic nitrogens is 2. The van der Waals surface area contributed by atoms with Crippen LogP contribution < -0.4 is 5.32 Å². The molecule has 0 aliphatic carbocycles. The van der Waals surface area contributed by atoms with Crippen LogP contribution in [0.1, 0.15) is 5.56 Å². The van der Waals surface area contributed by atoms with Crippen LogP contribution in [0.2, 0.25) is 0 Å². The molecule has 2 aromatic carbocycles. The third kappa shape index (κ3) is 4.61. The maximum Gasteiger partial charge on any atom is 0.291 e. The van der Waals surface area contributed by atoms with Gasteiger partial charge in [-0.15, -0.1) is 0 Å². The normalized spacial score (nSPS) is 10.6. The van der Waals surface area contributed by atoms with Gasteiger partial charge in [0.2, 0.25) is 5.91 Å². The number of carbonyl (C=O) groups excluding carboxylic acids is 1. The van der Waals surface area contributed by atoms with Gasteiger partial charge in [0, 0.05) is 5.56 Å². The number of carbonyl (C=O) groups is 1. The van der Waals surface area contributed by atoms with Crippen molar-refractivity contribution in [3.8, 4) is 11.8 Å². The number of thioether (sulfide) groups is 1. The van der Waals surface area contributed by atoms with Gasteiger partial charge in [-0.1, -0.05) is 42.2 Å². The van der Waals surface area contributed by atoms with Crippen LogP contribution in [-0.2, 0) is 11.3 Å². The number of rotatable bonds is 5. The molecule has 0 saturated heterocycles. The standard InChI is InChI=1S/C19H15F2N3OS/c20-18(21)26-19-23-15-10-4-5-11-16(15)24(19)13-17(25)22-12-6-9-14-7-2-1-3-8-14/h1-5,7-8,10-11,18H,12-13H2,(H,22,25). The fourth-order valence-electron chi connectivity index (χ4n) is 2.39. The highest BCUT2D eigenvalue weighted by atomic mass is 32.2. The highest BCUT2D eigenvalue weighted by molar-refractivity contribution is 7.99. The molecule has 0 aliphatic rings. The van der Waals surface area contributed by atoms with Crippen molar-refractivity contribution in [1.29, 1.82) is 0 Å². The van der Waals surface area contributed by atoms with Crippen LogP contribution in [-0.4, -0.2) is 27.8 Å². The van der Waals surface area contributed by atoms with Crippen molar-refractivity contribution >= 4 is 28.7 Å². The lowest BCUT2D eigenvalue weighted by molar-refractivity contribution is -0.121. The number of alkyl halides is 2. The third-order valence-corrected chi connectivity index (χ3v) is 4.20. The van der Waals surface area contributed by atoms with E-state index in [9.17, 15) is 13.6 Å². The molecule has 0 unspecified atom stereocenters. The number of nitrogens with zero attached hydrogens (tertiary/aromatic N) is 2. The van der Waals surface area contributed by atoms with E-state index in [1.165, 1.54) is 4.57 Å². The Kier molecular flexibility index (Phi) is 5.87. The smallest absolute Gasteiger partial charge is 0.291 e. The van der Waals surface area contributed by atoms with Crippen molar-refractivity contribution in [2.75, 3.05) is 6.54 Å². The molecule has 1 heterocycles. The Hall–Kier alpha value is -2.85. The molecule has 3 aromatic rings. The quantitative estimate of drug-likeness (QED) is 0.551. The Bertz CT molecular complexity index is 961. The Morgan fingerprint density at radius 2 is 1.88 bits per heavy atom. The minimum atomic E-state index is -2.61. The van der Waals surface area contributed by atoms with Crippen LogP contribution >= 0.6 is 11.8 Å². The lowest BCUT2D eigenvalue weighted by atomic mass is 10.2. The zero-order chi connectivity index (χ0) is 18.4. The minimum absolute atomic E-state index is 0.0947. The number of fused-ring (bicyclic) bond motifs is 1. The summed E-state index contributed by atoms with van der Waals surface area (Å²) in [5.74, 6) is 2.88. The van der Waals surface area contributed by atoms with Gasteiger partial charge >= 0.3 is 0 Å². The Morgan fingerprint density at radius 1 is 1.15 bits per heavy atom. The SMILES string of the molecule is O=C(Cn1c(SC(F)F)nc2ccccc21)NCC#Cc1ccccc1. The van der Waals surface area contributed by atoms with Crippen LogP contribution in [0.25, 0.3) is 11.0 Å². The molecule has 0 aliphatic heterocycles. The number of amides is 1. The number of hydrogen-bond acceptors (Lipinski definition) is 3. The van der Waals surface area contributed by atoms with Gasteiger partial charge in [0.25, 0.3) is 5.76 Å². The fourth-order valence-corrected chi connectivity index (χ4v) is 2.99. The summed E-state index contributed by atoms with van der Waals surface area (Å²) in [7, 11) is 0. The average molecular weight is 371 g/mol. The monoisotopic (exact) mass is 371 g/mol. The largest absolute Gasteiger partial charge is 0.344 e.